The summed E-state index contributed by atoms with van der Waals surface area (Å²) in [5, 5.41) is 9.55. The Morgan fingerprint density at radius 2 is 2.22 bits per heavy atom. The monoisotopic (exact) mass is 304 g/mol. The van der Waals surface area contributed by atoms with Crippen molar-refractivity contribution in [1.29, 1.82) is 5.26 Å². The molecule has 0 aliphatic rings. The van der Waals surface area contributed by atoms with Crippen LogP contribution in [-0.4, -0.2) is 10.4 Å². The number of Topliss-reactive ketones (excluding diaryl/α,β-unsaturated/α-hetero) is 1. The van der Waals surface area contributed by atoms with Gasteiger partial charge in [0.25, 0.3) is 0 Å². The summed E-state index contributed by atoms with van der Waals surface area (Å²) in [5.41, 5.74) is 1.63. The van der Waals surface area contributed by atoms with Crippen LogP contribution in [0.1, 0.15) is 36.7 Å². The molecular weight excluding hydrogens is 292 g/mol. The molecule has 92 valence electrons. The van der Waals surface area contributed by atoms with Crippen LogP contribution >= 0.6 is 15.9 Å². The molecule has 0 fully saturated rings. The summed E-state index contributed by atoms with van der Waals surface area (Å²) in [6.07, 6.45) is 1.77. The summed E-state index contributed by atoms with van der Waals surface area (Å²) < 4.78 is 3.02. The second-order valence-corrected chi connectivity index (χ2v) is 5.29. The molecule has 0 unspecified atom stereocenters. The second-order valence-electron chi connectivity index (χ2n) is 4.44. The van der Waals surface area contributed by atoms with Gasteiger partial charge < -0.3 is 4.57 Å². The van der Waals surface area contributed by atoms with Gasteiger partial charge in [0.2, 0.25) is 0 Å². The number of halogens is 1. The van der Waals surface area contributed by atoms with E-state index in [-0.39, 0.29) is 18.2 Å². The van der Waals surface area contributed by atoms with Crippen molar-refractivity contribution in [3.05, 3.63) is 34.4 Å². The van der Waals surface area contributed by atoms with Gasteiger partial charge in [0.05, 0.1) is 18.0 Å². The number of benzene rings is 1. The summed E-state index contributed by atoms with van der Waals surface area (Å²) >= 11 is 3.52. The molecule has 0 atom stereocenters. The standard InChI is InChI=1S/C14H13BrN2O/c1-9(2)17-8-11(13(18)6-7-16)10-4-3-5-12(15)14(10)17/h3-5,8-9H,6H2,1-2H3. The van der Waals surface area contributed by atoms with Crippen molar-refractivity contribution >= 4 is 32.6 Å². The average Bonchev–Trinajstić information content (AvgIpc) is 2.70. The van der Waals surface area contributed by atoms with Gasteiger partial charge in [-0.1, -0.05) is 12.1 Å². The van der Waals surface area contributed by atoms with E-state index in [1.165, 1.54) is 0 Å². The quantitative estimate of drug-likeness (QED) is 0.802. The lowest BCUT2D eigenvalue weighted by Gasteiger charge is -2.09. The summed E-state index contributed by atoms with van der Waals surface area (Å²) in [7, 11) is 0. The molecular formula is C14H13BrN2O. The highest BCUT2D eigenvalue weighted by molar-refractivity contribution is 9.10. The lowest BCUT2D eigenvalue weighted by molar-refractivity contribution is 0.0999. The van der Waals surface area contributed by atoms with Crippen LogP contribution in [0.3, 0.4) is 0 Å². The van der Waals surface area contributed by atoms with Gasteiger partial charge in [-0.05, 0) is 35.8 Å². The first-order valence-electron chi connectivity index (χ1n) is 5.75. The molecule has 1 heterocycles. The van der Waals surface area contributed by atoms with Crippen molar-refractivity contribution in [3.63, 3.8) is 0 Å². The van der Waals surface area contributed by atoms with E-state index < -0.39 is 0 Å². The minimum absolute atomic E-state index is 0.0796. The summed E-state index contributed by atoms with van der Waals surface area (Å²) in [5.74, 6) is -0.125. The van der Waals surface area contributed by atoms with E-state index in [2.05, 4.69) is 34.3 Å². The van der Waals surface area contributed by atoms with Crippen molar-refractivity contribution in [2.24, 2.45) is 0 Å². The van der Waals surface area contributed by atoms with Crippen LogP contribution in [0.25, 0.3) is 10.9 Å². The predicted molar refractivity (Wildman–Crippen MR) is 74.6 cm³/mol. The zero-order chi connectivity index (χ0) is 13.3. The molecule has 0 bridgehead atoms. The Morgan fingerprint density at radius 1 is 1.50 bits per heavy atom. The van der Waals surface area contributed by atoms with Crippen LogP contribution < -0.4 is 0 Å². The Labute approximate surface area is 114 Å². The minimum atomic E-state index is -0.125. The Hall–Kier alpha value is -1.60. The molecule has 3 nitrogen and oxygen atoms in total. The van der Waals surface area contributed by atoms with Crippen LogP contribution in [0, 0.1) is 11.3 Å². The van der Waals surface area contributed by atoms with E-state index in [1.54, 1.807) is 0 Å². The smallest absolute Gasteiger partial charge is 0.179 e. The molecule has 0 spiro atoms. The van der Waals surface area contributed by atoms with E-state index >= 15 is 0 Å². The Morgan fingerprint density at radius 3 is 2.83 bits per heavy atom. The van der Waals surface area contributed by atoms with Crippen molar-refractivity contribution in [3.8, 4) is 6.07 Å². The molecule has 2 aromatic rings. The number of para-hydroxylation sites is 1. The maximum atomic E-state index is 12.0. The van der Waals surface area contributed by atoms with Gasteiger partial charge in [0, 0.05) is 27.7 Å². The van der Waals surface area contributed by atoms with Crippen LogP contribution in [0.5, 0.6) is 0 Å². The van der Waals surface area contributed by atoms with Gasteiger partial charge in [-0.3, -0.25) is 4.79 Å². The van der Waals surface area contributed by atoms with Gasteiger partial charge in [0.15, 0.2) is 5.78 Å². The van der Waals surface area contributed by atoms with Crippen LogP contribution in [-0.2, 0) is 0 Å². The highest BCUT2D eigenvalue weighted by atomic mass is 79.9. The van der Waals surface area contributed by atoms with Crippen molar-refractivity contribution in [2.75, 3.05) is 0 Å². The number of rotatable bonds is 3. The van der Waals surface area contributed by atoms with Gasteiger partial charge in [-0.25, -0.2) is 0 Å². The zero-order valence-corrected chi connectivity index (χ0v) is 11.9. The minimum Gasteiger partial charge on any atom is -0.343 e. The lowest BCUT2D eigenvalue weighted by Crippen LogP contribution is -1.99. The van der Waals surface area contributed by atoms with Crippen LogP contribution in [0.2, 0.25) is 0 Å². The third-order valence-corrected chi connectivity index (χ3v) is 3.54. The first kappa shape index (κ1) is 12.8. The lowest BCUT2D eigenvalue weighted by atomic mass is 10.1. The van der Waals surface area contributed by atoms with Gasteiger partial charge in [-0.15, -0.1) is 0 Å². The van der Waals surface area contributed by atoms with E-state index in [0.717, 1.165) is 15.4 Å². The highest BCUT2D eigenvalue weighted by Crippen LogP contribution is 2.31. The maximum Gasteiger partial charge on any atom is 0.179 e. The third kappa shape index (κ3) is 2.06. The summed E-state index contributed by atoms with van der Waals surface area (Å²) in [6.45, 7) is 4.13. The SMILES string of the molecule is CC(C)n1cc(C(=O)CC#N)c2cccc(Br)c21. The fraction of sp³-hybridized carbons (Fsp3) is 0.286. The normalized spacial score (nSPS) is 10.8. The first-order valence-corrected chi connectivity index (χ1v) is 6.54. The molecule has 1 aromatic heterocycles. The molecule has 0 radical (unpaired) electrons. The maximum absolute atomic E-state index is 12.0. The number of aromatic nitrogens is 1. The number of hydrogen-bond acceptors (Lipinski definition) is 2. The molecule has 0 aliphatic heterocycles. The number of carbonyl (C=O) groups excluding carboxylic acids is 1. The van der Waals surface area contributed by atoms with Crippen molar-refractivity contribution < 1.29 is 4.79 Å². The number of ketones is 1. The average molecular weight is 305 g/mol. The number of hydrogen-bond donors (Lipinski definition) is 0. The zero-order valence-electron chi connectivity index (χ0n) is 10.3. The topological polar surface area (TPSA) is 45.8 Å². The molecule has 18 heavy (non-hydrogen) atoms. The Bertz CT molecular complexity index is 650. The van der Waals surface area contributed by atoms with Gasteiger partial charge in [0.1, 0.15) is 0 Å². The summed E-state index contributed by atoms with van der Waals surface area (Å²) in [6, 6.07) is 7.95. The molecule has 0 N–H and O–H groups in total. The molecule has 0 aliphatic carbocycles. The van der Waals surface area contributed by atoms with Crippen LogP contribution in [0.15, 0.2) is 28.9 Å². The van der Waals surface area contributed by atoms with E-state index in [4.69, 9.17) is 5.26 Å². The van der Waals surface area contributed by atoms with Crippen molar-refractivity contribution in [1.82, 2.24) is 4.57 Å². The molecule has 0 amide bonds. The van der Waals surface area contributed by atoms with Gasteiger partial charge >= 0.3 is 0 Å². The summed E-state index contributed by atoms with van der Waals surface area (Å²) in [4.78, 5) is 12.0. The van der Waals surface area contributed by atoms with E-state index in [0.29, 0.717) is 5.56 Å². The number of nitrogens with zero attached hydrogens (tertiary/aromatic N) is 2. The molecule has 4 heteroatoms. The second kappa shape index (κ2) is 4.95. The highest BCUT2D eigenvalue weighted by Gasteiger charge is 2.17. The van der Waals surface area contributed by atoms with Crippen LogP contribution in [0.4, 0.5) is 0 Å². The number of nitriles is 1. The van der Waals surface area contributed by atoms with Gasteiger partial charge in [-0.2, -0.15) is 5.26 Å². The first-order chi connectivity index (χ1) is 8.56. The van der Waals surface area contributed by atoms with Crippen molar-refractivity contribution in [2.45, 2.75) is 26.3 Å². The van der Waals surface area contributed by atoms with E-state index in [1.807, 2.05) is 30.5 Å². The molecule has 0 saturated heterocycles. The van der Waals surface area contributed by atoms with E-state index in [9.17, 15) is 4.79 Å². The fourth-order valence-electron chi connectivity index (χ4n) is 2.06. The molecule has 2 rings (SSSR count). The Balaban J connectivity index is 2.74. The predicted octanol–water partition coefficient (Wildman–Crippen LogP) is 4.08. The Kier molecular flexibility index (Phi) is 3.53. The number of fused-ring (bicyclic) bond motifs is 1. The third-order valence-electron chi connectivity index (χ3n) is 2.90. The largest absolute Gasteiger partial charge is 0.343 e. The fourth-order valence-corrected chi connectivity index (χ4v) is 2.64. The molecule has 0 saturated carbocycles. The number of carbonyl (C=O) groups is 1. The molecule has 1 aromatic carbocycles.